The number of rotatable bonds is 5. The molecule has 4 heteroatoms. The first-order valence-electron chi connectivity index (χ1n) is 7.44. The maximum absolute atomic E-state index is 9.78. The molecule has 0 saturated carbocycles. The predicted octanol–water partition coefficient (Wildman–Crippen LogP) is 6.09. The summed E-state index contributed by atoms with van der Waals surface area (Å²) >= 11 is 12.7. The Morgan fingerprint density at radius 1 is 0.773 bits per heavy atom. The molecule has 2 N–H and O–H groups in total. The fourth-order valence-electron chi connectivity index (χ4n) is 3.07. The molecule has 0 aliphatic rings. The SMILES string of the molecule is CC[C@H](c1cc(O)ccc1Cl)[C@@H](CC)c1cc(O)ccc1Cl. The van der Waals surface area contributed by atoms with Gasteiger partial charge in [0.2, 0.25) is 0 Å². The highest BCUT2D eigenvalue weighted by Crippen LogP contribution is 2.44. The van der Waals surface area contributed by atoms with E-state index >= 15 is 0 Å². The first-order valence-corrected chi connectivity index (χ1v) is 8.20. The van der Waals surface area contributed by atoms with Gasteiger partial charge in [-0.05, 0) is 72.2 Å². The van der Waals surface area contributed by atoms with E-state index in [1.807, 2.05) is 0 Å². The van der Waals surface area contributed by atoms with Crippen LogP contribution in [0.15, 0.2) is 36.4 Å². The molecule has 0 unspecified atom stereocenters. The summed E-state index contributed by atoms with van der Waals surface area (Å²) in [5, 5.41) is 20.8. The van der Waals surface area contributed by atoms with Gasteiger partial charge in [-0.3, -0.25) is 0 Å². The van der Waals surface area contributed by atoms with Gasteiger partial charge in [-0.15, -0.1) is 0 Å². The molecule has 0 heterocycles. The van der Waals surface area contributed by atoms with Gasteiger partial charge in [0.1, 0.15) is 11.5 Å². The van der Waals surface area contributed by atoms with Gasteiger partial charge in [-0.1, -0.05) is 37.0 Å². The van der Waals surface area contributed by atoms with E-state index in [0.29, 0.717) is 10.0 Å². The summed E-state index contributed by atoms with van der Waals surface area (Å²) in [7, 11) is 0. The highest BCUT2D eigenvalue weighted by molar-refractivity contribution is 6.32. The van der Waals surface area contributed by atoms with Crippen molar-refractivity contribution in [2.24, 2.45) is 0 Å². The fourth-order valence-corrected chi connectivity index (χ4v) is 3.59. The van der Waals surface area contributed by atoms with Crippen LogP contribution in [0.25, 0.3) is 0 Å². The zero-order valence-corrected chi connectivity index (χ0v) is 14.2. The van der Waals surface area contributed by atoms with Crippen LogP contribution in [0.1, 0.15) is 49.7 Å². The van der Waals surface area contributed by atoms with Crippen molar-refractivity contribution < 1.29 is 10.2 Å². The lowest BCUT2D eigenvalue weighted by Gasteiger charge is -2.28. The summed E-state index contributed by atoms with van der Waals surface area (Å²) in [4.78, 5) is 0. The second-order valence-electron chi connectivity index (χ2n) is 5.44. The zero-order chi connectivity index (χ0) is 16.3. The molecule has 0 bridgehead atoms. The third-order valence-electron chi connectivity index (χ3n) is 4.12. The van der Waals surface area contributed by atoms with E-state index in [-0.39, 0.29) is 23.3 Å². The maximum Gasteiger partial charge on any atom is 0.115 e. The summed E-state index contributed by atoms with van der Waals surface area (Å²) < 4.78 is 0. The van der Waals surface area contributed by atoms with Crippen LogP contribution in [0.4, 0.5) is 0 Å². The Morgan fingerprint density at radius 2 is 1.14 bits per heavy atom. The topological polar surface area (TPSA) is 40.5 Å². The van der Waals surface area contributed by atoms with Crippen molar-refractivity contribution in [2.75, 3.05) is 0 Å². The van der Waals surface area contributed by atoms with E-state index in [4.69, 9.17) is 23.2 Å². The number of benzene rings is 2. The molecular weight excluding hydrogens is 319 g/mol. The first-order chi connectivity index (χ1) is 10.5. The minimum atomic E-state index is 0.115. The Balaban J connectivity index is 2.51. The predicted molar refractivity (Wildman–Crippen MR) is 92.3 cm³/mol. The van der Waals surface area contributed by atoms with Crippen LogP contribution >= 0.6 is 23.2 Å². The molecule has 2 nitrogen and oxygen atoms in total. The second-order valence-corrected chi connectivity index (χ2v) is 6.26. The Morgan fingerprint density at radius 3 is 1.45 bits per heavy atom. The molecule has 2 rings (SSSR count). The van der Waals surface area contributed by atoms with Gasteiger partial charge in [-0.2, -0.15) is 0 Å². The van der Waals surface area contributed by atoms with Crippen molar-refractivity contribution in [1.82, 2.24) is 0 Å². The normalized spacial score (nSPS) is 13.8. The number of halogens is 2. The van der Waals surface area contributed by atoms with Crippen molar-refractivity contribution in [3.05, 3.63) is 57.6 Å². The zero-order valence-electron chi connectivity index (χ0n) is 12.7. The number of phenolic OH excluding ortho intramolecular Hbond substituents is 2. The third-order valence-corrected chi connectivity index (χ3v) is 4.81. The first kappa shape index (κ1) is 17.0. The van der Waals surface area contributed by atoms with Gasteiger partial charge in [0.25, 0.3) is 0 Å². The average Bonchev–Trinajstić information content (AvgIpc) is 2.50. The van der Waals surface area contributed by atoms with Gasteiger partial charge < -0.3 is 10.2 Å². The summed E-state index contributed by atoms with van der Waals surface area (Å²) in [6.07, 6.45) is 1.71. The Bertz CT molecular complexity index is 598. The van der Waals surface area contributed by atoms with Crippen molar-refractivity contribution in [3.8, 4) is 11.5 Å². The lowest BCUT2D eigenvalue weighted by Crippen LogP contribution is -2.11. The third kappa shape index (κ3) is 3.50. The van der Waals surface area contributed by atoms with Crippen molar-refractivity contribution in [2.45, 2.75) is 38.5 Å². The van der Waals surface area contributed by atoms with Crippen LogP contribution in [0, 0.1) is 0 Å². The van der Waals surface area contributed by atoms with Crippen molar-refractivity contribution in [1.29, 1.82) is 0 Å². The maximum atomic E-state index is 9.78. The minimum Gasteiger partial charge on any atom is -0.508 e. The van der Waals surface area contributed by atoms with Gasteiger partial charge in [0.15, 0.2) is 0 Å². The van der Waals surface area contributed by atoms with Gasteiger partial charge in [-0.25, -0.2) is 0 Å². The molecular formula is C18H20Cl2O2. The minimum absolute atomic E-state index is 0.115. The molecule has 2 aromatic carbocycles. The Hall–Kier alpha value is -1.38. The van der Waals surface area contributed by atoms with Crippen molar-refractivity contribution in [3.63, 3.8) is 0 Å². The quantitative estimate of drug-likeness (QED) is 0.692. The van der Waals surface area contributed by atoms with Crippen LogP contribution in [-0.4, -0.2) is 10.2 Å². The summed E-state index contributed by atoms with van der Waals surface area (Å²) in [5.74, 6) is 0.636. The summed E-state index contributed by atoms with van der Waals surface area (Å²) in [5.41, 5.74) is 1.82. The molecule has 0 aliphatic heterocycles. The lowest BCUT2D eigenvalue weighted by molar-refractivity contribution is 0.463. The summed E-state index contributed by atoms with van der Waals surface area (Å²) in [6.45, 7) is 4.18. The van der Waals surface area contributed by atoms with Gasteiger partial charge in [0.05, 0.1) is 0 Å². The molecule has 2 atom stereocenters. The molecule has 0 fully saturated rings. The van der Waals surface area contributed by atoms with Crippen LogP contribution < -0.4 is 0 Å². The molecule has 0 aromatic heterocycles. The molecule has 22 heavy (non-hydrogen) atoms. The number of aromatic hydroxyl groups is 2. The Labute approximate surface area is 141 Å². The Kier molecular flexibility index (Phi) is 5.60. The van der Waals surface area contributed by atoms with E-state index in [1.165, 1.54) is 0 Å². The average molecular weight is 339 g/mol. The summed E-state index contributed by atoms with van der Waals surface area (Å²) in [6, 6.07) is 10.0. The lowest BCUT2D eigenvalue weighted by atomic mass is 9.78. The standard InChI is InChI=1S/C18H20Cl2O2/c1-3-13(15-9-11(21)5-7-17(15)19)14(4-2)16-10-12(22)6-8-18(16)20/h5-10,13-14,21-22H,3-4H2,1-2H3/t13-,14+. The largest absolute Gasteiger partial charge is 0.508 e. The van der Waals surface area contributed by atoms with Crippen LogP contribution in [-0.2, 0) is 0 Å². The highest BCUT2D eigenvalue weighted by Gasteiger charge is 2.26. The molecule has 0 saturated heterocycles. The van der Waals surface area contributed by atoms with E-state index < -0.39 is 0 Å². The molecule has 0 radical (unpaired) electrons. The number of hydrogen-bond donors (Lipinski definition) is 2. The van der Waals surface area contributed by atoms with Crippen molar-refractivity contribution >= 4 is 23.2 Å². The van der Waals surface area contributed by atoms with Crippen LogP contribution in [0.3, 0.4) is 0 Å². The van der Waals surface area contributed by atoms with E-state index in [0.717, 1.165) is 24.0 Å². The highest BCUT2D eigenvalue weighted by atomic mass is 35.5. The van der Waals surface area contributed by atoms with E-state index in [2.05, 4.69) is 13.8 Å². The molecule has 0 amide bonds. The second kappa shape index (κ2) is 7.26. The number of phenols is 2. The molecule has 2 aromatic rings. The number of hydrogen-bond acceptors (Lipinski definition) is 2. The monoisotopic (exact) mass is 338 g/mol. The smallest absolute Gasteiger partial charge is 0.115 e. The van der Waals surface area contributed by atoms with E-state index in [1.54, 1.807) is 36.4 Å². The molecule has 0 spiro atoms. The molecule has 118 valence electrons. The van der Waals surface area contributed by atoms with Crippen LogP contribution in [0.2, 0.25) is 10.0 Å². The van der Waals surface area contributed by atoms with E-state index in [9.17, 15) is 10.2 Å². The van der Waals surface area contributed by atoms with Gasteiger partial charge in [0, 0.05) is 10.0 Å². The fraction of sp³-hybridized carbons (Fsp3) is 0.333. The molecule has 0 aliphatic carbocycles. The van der Waals surface area contributed by atoms with Gasteiger partial charge >= 0.3 is 0 Å². The van der Waals surface area contributed by atoms with Crippen LogP contribution in [0.5, 0.6) is 11.5 Å².